The quantitative estimate of drug-likeness (QED) is 0.279. The number of benzene rings is 3. The second-order valence-electron chi connectivity index (χ2n) is 9.45. The van der Waals surface area contributed by atoms with E-state index in [1.807, 2.05) is 49.5 Å². The molecule has 0 aliphatic carbocycles. The van der Waals surface area contributed by atoms with E-state index in [2.05, 4.69) is 20.9 Å². The number of rotatable bonds is 9. The molecule has 0 radical (unpaired) electrons. The summed E-state index contributed by atoms with van der Waals surface area (Å²) in [5.74, 6) is 1.41. The summed E-state index contributed by atoms with van der Waals surface area (Å²) in [5.41, 5.74) is 4.51. The maximum absolute atomic E-state index is 14.9. The fraction of sp³-hybridized carbons (Fsp3) is 0.333. The van der Waals surface area contributed by atoms with Crippen LogP contribution in [0.3, 0.4) is 0 Å². The Kier molecular flexibility index (Phi) is 7.51. The average Bonchev–Trinajstić information content (AvgIpc) is 3.25. The fourth-order valence-corrected chi connectivity index (χ4v) is 4.99. The summed E-state index contributed by atoms with van der Waals surface area (Å²) in [6.07, 6.45) is 3.76. The Morgan fingerprint density at radius 1 is 0.865 bits per heavy atom. The summed E-state index contributed by atoms with van der Waals surface area (Å²) in [5, 5.41) is 4.50. The van der Waals surface area contributed by atoms with Gasteiger partial charge in [0.2, 0.25) is 0 Å². The molecule has 1 fully saturated rings. The van der Waals surface area contributed by atoms with E-state index in [-0.39, 0.29) is 11.6 Å². The standard InChI is InChI=1S/C30H34FN3O3/c1-33-28-20-24(36-3)9-7-21(28)17-29(33)25-11-10-23(35-2)19-27(25)32-22-8-12-30(26(31)18-22)37-16-15-34-13-5-4-6-14-34/h7-12,17-20,32H,4-6,13-16H2,1-3H3. The van der Waals surface area contributed by atoms with Crippen molar-refractivity contribution < 1.29 is 18.6 Å². The van der Waals surface area contributed by atoms with E-state index >= 15 is 0 Å². The first-order valence-corrected chi connectivity index (χ1v) is 12.8. The topological polar surface area (TPSA) is 47.9 Å². The van der Waals surface area contributed by atoms with Crippen LogP contribution in [0.5, 0.6) is 17.2 Å². The third-order valence-corrected chi connectivity index (χ3v) is 7.08. The van der Waals surface area contributed by atoms with Gasteiger partial charge in [-0.3, -0.25) is 4.90 Å². The van der Waals surface area contributed by atoms with Crippen LogP contribution >= 0.6 is 0 Å². The molecular weight excluding hydrogens is 469 g/mol. The monoisotopic (exact) mass is 503 g/mol. The number of hydrogen-bond donors (Lipinski definition) is 1. The molecule has 1 aliphatic heterocycles. The van der Waals surface area contributed by atoms with Crippen LogP contribution in [0.4, 0.5) is 15.8 Å². The smallest absolute Gasteiger partial charge is 0.167 e. The highest BCUT2D eigenvalue weighted by Gasteiger charge is 2.15. The van der Waals surface area contributed by atoms with Crippen LogP contribution in [0.2, 0.25) is 0 Å². The predicted octanol–water partition coefficient (Wildman–Crippen LogP) is 6.61. The Morgan fingerprint density at radius 2 is 1.62 bits per heavy atom. The van der Waals surface area contributed by atoms with Crippen molar-refractivity contribution in [2.75, 3.05) is 45.8 Å². The number of fused-ring (bicyclic) bond motifs is 1. The first-order chi connectivity index (χ1) is 18.1. The van der Waals surface area contributed by atoms with E-state index in [0.29, 0.717) is 18.0 Å². The number of halogens is 1. The summed E-state index contributed by atoms with van der Waals surface area (Å²) in [6.45, 7) is 3.50. The van der Waals surface area contributed by atoms with Gasteiger partial charge in [0, 0.05) is 48.4 Å². The van der Waals surface area contributed by atoms with Gasteiger partial charge in [0.15, 0.2) is 11.6 Å². The number of aryl methyl sites for hydroxylation is 1. The molecule has 3 aromatic carbocycles. The second kappa shape index (κ2) is 11.1. The van der Waals surface area contributed by atoms with Crippen LogP contribution in [0.25, 0.3) is 22.2 Å². The van der Waals surface area contributed by atoms with Crippen LogP contribution in [0, 0.1) is 5.82 Å². The summed E-state index contributed by atoms with van der Waals surface area (Å²) >= 11 is 0. The highest BCUT2D eigenvalue weighted by atomic mass is 19.1. The lowest BCUT2D eigenvalue weighted by Gasteiger charge is -2.26. The third-order valence-electron chi connectivity index (χ3n) is 7.08. The van der Waals surface area contributed by atoms with Crippen molar-refractivity contribution in [3.8, 4) is 28.5 Å². The summed E-state index contributed by atoms with van der Waals surface area (Å²) in [4.78, 5) is 2.38. The molecule has 37 heavy (non-hydrogen) atoms. The van der Waals surface area contributed by atoms with Crippen molar-refractivity contribution in [3.63, 3.8) is 0 Å². The zero-order valence-electron chi connectivity index (χ0n) is 21.7. The Morgan fingerprint density at radius 3 is 2.38 bits per heavy atom. The number of methoxy groups -OCH3 is 2. The van der Waals surface area contributed by atoms with Gasteiger partial charge in [-0.25, -0.2) is 4.39 Å². The van der Waals surface area contributed by atoms with Crippen molar-refractivity contribution in [2.24, 2.45) is 7.05 Å². The van der Waals surface area contributed by atoms with Gasteiger partial charge < -0.3 is 24.1 Å². The van der Waals surface area contributed by atoms with E-state index in [0.717, 1.165) is 53.2 Å². The molecule has 0 bridgehead atoms. The minimum absolute atomic E-state index is 0.274. The van der Waals surface area contributed by atoms with Crippen molar-refractivity contribution in [1.82, 2.24) is 9.47 Å². The van der Waals surface area contributed by atoms with Gasteiger partial charge in [-0.05, 0) is 68.4 Å². The third kappa shape index (κ3) is 5.52. The summed E-state index contributed by atoms with van der Waals surface area (Å²) < 4.78 is 33.7. The lowest BCUT2D eigenvalue weighted by Crippen LogP contribution is -2.33. The SMILES string of the molecule is COc1ccc(-c2cc3ccc(OC)cc3n2C)c(Nc2ccc(OCCN3CCCCC3)c(F)c2)c1. The molecule has 7 heteroatoms. The van der Waals surface area contributed by atoms with Crippen LogP contribution < -0.4 is 19.5 Å². The first kappa shape index (κ1) is 25.0. The lowest BCUT2D eigenvalue weighted by molar-refractivity contribution is 0.180. The Bertz CT molecular complexity index is 1380. The van der Waals surface area contributed by atoms with Crippen LogP contribution in [-0.4, -0.2) is 49.9 Å². The van der Waals surface area contributed by atoms with Crippen molar-refractivity contribution in [3.05, 3.63) is 66.5 Å². The highest BCUT2D eigenvalue weighted by Crippen LogP contribution is 2.37. The normalized spacial score (nSPS) is 14.1. The van der Waals surface area contributed by atoms with Gasteiger partial charge in [0.05, 0.1) is 31.1 Å². The zero-order valence-corrected chi connectivity index (χ0v) is 21.7. The molecule has 1 N–H and O–H groups in total. The second-order valence-corrected chi connectivity index (χ2v) is 9.45. The van der Waals surface area contributed by atoms with E-state index in [1.165, 1.54) is 25.3 Å². The Hall–Kier alpha value is -3.71. The van der Waals surface area contributed by atoms with Gasteiger partial charge in [-0.15, -0.1) is 0 Å². The predicted molar refractivity (Wildman–Crippen MR) is 147 cm³/mol. The fourth-order valence-electron chi connectivity index (χ4n) is 4.99. The summed E-state index contributed by atoms with van der Waals surface area (Å²) in [7, 11) is 5.33. The highest BCUT2D eigenvalue weighted by molar-refractivity contribution is 5.91. The minimum Gasteiger partial charge on any atom is -0.497 e. The van der Waals surface area contributed by atoms with Crippen LogP contribution in [0.1, 0.15) is 19.3 Å². The van der Waals surface area contributed by atoms with Crippen LogP contribution in [0.15, 0.2) is 60.7 Å². The van der Waals surface area contributed by atoms with Gasteiger partial charge in [-0.1, -0.05) is 6.42 Å². The van der Waals surface area contributed by atoms with Gasteiger partial charge >= 0.3 is 0 Å². The Labute approximate surface area is 217 Å². The Balaban J connectivity index is 1.38. The van der Waals surface area contributed by atoms with E-state index in [9.17, 15) is 4.39 Å². The van der Waals surface area contributed by atoms with Crippen molar-refractivity contribution in [1.29, 1.82) is 0 Å². The molecule has 5 rings (SSSR count). The molecule has 0 atom stereocenters. The van der Waals surface area contributed by atoms with Gasteiger partial charge in [0.25, 0.3) is 0 Å². The molecule has 0 amide bonds. The molecule has 6 nitrogen and oxygen atoms in total. The maximum Gasteiger partial charge on any atom is 0.167 e. The van der Waals surface area contributed by atoms with Gasteiger partial charge in [-0.2, -0.15) is 0 Å². The molecule has 4 aromatic rings. The molecule has 1 aromatic heterocycles. The van der Waals surface area contributed by atoms with Crippen molar-refractivity contribution in [2.45, 2.75) is 19.3 Å². The van der Waals surface area contributed by atoms with Gasteiger partial charge in [0.1, 0.15) is 18.1 Å². The number of piperidine rings is 1. The summed E-state index contributed by atoms with van der Waals surface area (Å²) in [6, 6.07) is 19.0. The van der Waals surface area contributed by atoms with E-state index in [1.54, 1.807) is 20.3 Å². The number of anilines is 2. The number of likely N-dealkylation sites (tertiary alicyclic amines) is 1. The first-order valence-electron chi connectivity index (χ1n) is 12.8. The lowest BCUT2D eigenvalue weighted by atomic mass is 10.1. The average molecular weight is 504 g/mol. The molecule has 0 spiro atoms. The molecule has 2 heterocycles. The largest absolute Gasteiger partial charge is 0.497 e. The zero-order chi connectivity index (χ0) is 25.8. The molecule has 0 unspecified atom stereocenters. The maximum atomic E-state index is 14.9. The van der Waals surface area contributed by atoms with Crippen molar-refractivity contribution >= 4 is 22.3 Å². The number of ether oxygens (including phenoxy) is 3. The number of hydrogen-bond acceptors (Lipinski definition) is 5. The molecule has 1 saturated heterocycles. The number of aromatic nitrogens is 1. The van der Waals surface area contributed by atoms with E-state index < -0.39 is 0 Å². The van der Waals surface area contributed by atoms with Crippen LogP contribution in [-0.2, 0) is 7.05 Å². The van der Waals surface area contributed by atoms with E-state index in [4.69, 9.17) is 14.2 Å². The molecule has 0 saturated carbocycles. The number of nitrogens with zero attached hydrogens (tertiary/aromatic N) is 2. The molecular formula is C30H34FN3O3. The molecule has 1 aliphatic rings. The molecule has 194 valence electrons. The minimum atomic E-state index is -0.384. The number of nitrogens with one attached hydrogen (secondary N) is 1.